The predicted octanol–water partition coefficient (Wildman–Crippen LogP) is 5.29. The van der Waals surface area contributed by atoms with Gasteiger partial charge in [-0.05, 0) is 61.4 Å². The lowest BCUT2D eigenvalue weighted by Gasteiger charge is -2.23. The Bertz CT molecular complexity index is 704. The van der Waals surface area contributed by atoms with Gasteiger partial charge in [-0.1, -0.05) is 26.2 Å². The first kappa shape index (κ1) is 18.7. The number of ether oxygens (including phenoxy) is 1. The van der Waals surface area contributed by atoms with Gasteiger partial charge in [0.05, 0.1) is 29.6 Å². The fourth-order valence-electron chi connectivity index (χ4n) is 2.59. The molecule has 2 aromatic rings. The molecule has 25 heavy (non-hydrogen) atoms. The van der Waals surface area contributed by atoms with Crippen LogP contribution < -0.4 is 15.2 Å². The van der Waals surface area contributed by atoms with Crippen molar-refractivity contribution in [2.45, 2.75) is 39.5 Å². The normalized spacial score (nSPS) is 10.2. The van der Waals surface area contributed by atoms with Crippen LogP contribution in [0.2, 0.25) is 0 Å². The fourth-order valence-corrected chi connectivity index (χ4v) is 2.59. The molecular formula is C21H27N3O. The highest BCUT2D eigenvalue weighted by atomic mass is 16.5. The maximum atomic E-state index is 8.95. The lowest BCUT2D eigenvalue weighted by Crippen LogP contribution is -2.25. The highest BCUT2D eigenvalue weighted by Crippen LogP contribution is 2.22. The zero-order valence-corrected chi connectivity index (χ0v) is 15.4. The van der Waals surface area contributed by atoms with Crippen LogP contribution in [0.1, 0.15) is 43.7 Å². The molecule has 132 valence electrons. The monoisotopic (exact) mass is 337 g/mol. The maximum absolute atomic E-state index is 8.95. The van der Waals surface area contributed by atoms with Gasteiger partial charge in [0.25, 0.3) is 0 Å². The van der Waals surface area contributed by atoms with Gasteiger partial charge in [0.15, 0.2) is 0 Å². The zero-order valence-electron chi connectivity index (χ0n) is 15.4. The summed E-state index contributed by atoms with van der Waals surface area (Å²) in [6.45, 7) is 4.98. The third kappa shape index (κ3) is 5.72. The van der Waals surface area contributed by atoms with E-state index in [2.05, 4.69) is 18.4 Å². The number of aryl methyl sites for hydroxylation is 1. The van der Waals surface area contributed by atoms with Crippen molar-refractivity contribution in [3.8, 4) is 11.8 Å². The van der Waals surface area contributed by atoms with E-state index in [4.69, 9.17) is 10.00 Å². The first-order valence-electron chi connectivity index (χ1n) is 8.88. The Labute approximate surface area is 151 Å². The van der Waals surface area contributed by atoms with Crippen molar-refractivity contribution in [2.75, 3.05) is 24.1 Å². The number of unbranched alkanes of at least 4 members (excludes halogenated alkanes) is 3. The summed E-state index contributed by atoms with van der Waals surface area (Å²) in [5.74, 6) is 0.906. The Morgan fingerprint density at radius 3 is 2.48 bits per heavy atom. The van der Waals surface area contributed by atoms with Gasteiger partial charge in [-0.25, -0.2) is 0 Å². The Kier molecular flexibility index (Phi) is 7.16. The molecule has 4 heteroatoms. The lowest BCUT2D eigenvalue weighted by molar-refractivity contribution is 0.305. The van der Waals surface area contributed by atoms with E-state index >= 15 is 0 Å². The Morgan fingerprint density at radius 1 is 1.08 bits per heavy atom. The third-order valence-corrected chi connectivity index (χ3v) is 4.13. The number of hydrazine groups is 1. The highest BCUT2D eigenvalue weighted by Gasteiger charge is 2.05. The topological polar surface area (TPSA) is 48.3 Å². The smallest absolute Gasteiger partial charge is 0.119 e. The molecule has 0 spiro atoms. The predicted molar refractivity (Wildman–Crippen MR) is 104 cm³/mol. The molecule has 2 rings (SSSR count). The van der Waals surface area contributed by atoms with Gasteiger partial charge >= 0.3 is 0 Å². The first-order valence-corrected chi connectivity index (χ1v) is 8.88. The van der Waals surface area contributed by atoms with E-state index in [-0.39, 0.29) is 0 Å². The molecule has 0 saturated heterocycles. The van der Waals surface area contributed by atoms with Crippen molar-refractivity contribution in [1.82, 2.24) is 0 Å². The minimum absolute atomic E-state index is 0.672. The molecule has 0 amide bonds. The van der Waals surface area contributed by atoms with Gasteiger partial charge in [0.1, 0.15) is 5.75 Å². The second kappa shape index (κ2) is 9.58. The van der Waals surface area contributed by atoms with Crippen LogP contribution in [-0.2, 0) is 0 Å². The largest absolute Gasteiger partial charge is 0.494 e. The van der Waals surface area contributed by atoms with E-state index in [1.165, 1.54) is 19.3 Å². The van der Waals surface area contributed by atoms with Gasteiger partial charge in [0.2, 0.25) is 0 Å². The van der Waals surface area contributed by atoms with Crippen LogP contribution in [0, 0.1) is 18.3 Å². The zero-order chi connectivity index (χ0) is 18.1. The van der Waals surface area contributed by atoms with Crippen LogP contribution in [0.15, 0.2) is 42.5 Å². The lowest BCUT2D eigenvalue weighted by atomic mass is 10.1. The van der Waals surface area contributed by atoms with E-state index in [1.54, 1.807) is 0 Å². The van der Waals surface area contributed by atoms with Crippen LogP contribution in [0.25, 0.3) is 0 Å². The number of hydrogen-bond acceptors (Lipinski definition) is 4. The average Bonchev–Trinajstić information content (AvgIpc) is 2.63. The van der Waals surface area contributed by atoms with Crippen LogP contribution in [0.4, 0.5) is 11.4 Å². The molecule has 0 bridgehead atoms. The molecule has 1 N–H and O–H groups in total. The van der Waals surface area contributed by atoms with Crippen molar-refractivity contribution in [3.63, 3.8) is 0 Å². The van der Waals surface area contributed by atoms with Crippen LogP contribution >= 0.6 is 0 Å². The summed E-state index contributed by atoms with van der Waals surface area (Å²) in [6, 6.07) is 15.9. The van der Waals surface area contributed by atoms with Crippen molar-refractivity contribution >= 4 is 11.4 Å². The second-order valence-corrected chi connectivity index (χ2v) is 6.22. The summed E-state index contributed by atoms with van der Waals surface area (Å²) in [7, 11) is 1.97. The number of hydrogen-bond donors (Lipinski definition) is 1. The molecule has 2 aromatic carbocycles. The average molecular weight is 337 g/mol. The number of benzene rings is 2. The van der Waals surface area contributed by atoms with E-state index in [9.17, 15) is 0 Å². The Balaban J connectivity index is 1.89. The summed E-state index contributed by atoms with van der Waals surface area (Å²) in [5.41, 5.74) is 7.09. The second-order valence-electron chi connectivity index (χ2n) is 6.22. The first-order chi connectivity index (χ1) is 12.1. The van der Waals surface area contributed by atoms with Crippen molar-refractivity contribution < 1.29 is 4.74 Å². The number of nitrogens with zero attached hydrogens (tertiary/aromatic N) is 2. The van der Waals surface area contributed by atoms with Gasteiger partial charge < -0.3 is 4.74 Å². The molecule has 4 nitrogen and oxygen atoms in total. The molecule has 0 unspecified atom stereocenters. The number of nitrogens with one attached hydrogen (secondary N) is 1. The summed E-state index contributed by atoms with van der Waals surface area (Å²) in [5, 5.41) is 10.9. The van der Waals surface area contributed by atoms with Crippen molar-refractivity contribution in [3.05, 3.63) is 53.6 Å². The van der Waals surface area contributed by atoms with Gasteiger partial charge in [-0.2, -0.15) is 5.26 Å². The molecule has 0 aliphatic rings. The van der Waals surface area contributed by atoms with E-state index in [0.717, 1.165) is 35.7 Å². The molecule has 0 radical (unpaired) electrons. The number of nitriles is 1. The van der Waals surface area contributed by atoms with E-state index in [1.807, 2.05) is 61.4 Å². The summed E-state index contributed by atoms with van der Waals surface area (Å²) < 4.78 is 5.78. The molecular weight excluding hydrogens is 310 g/mol. The minimum atomic E-state index is 0.672. The molecule has 0 heterocycles. The summed E-state index contributed by atoms with van der Waals surface area (Å²) >= 11 is 0. The Hall–Kier alpha value is -2.67. The molecule has 0 fully saturated rings. The molecule has 0 aliphatic heterocycles. The molecule has 0 saturated carbocycles. The standard InChI is InChI=1S/C21H27N3O/c1-4-5-6-7-14-25-20-11-9-19(10-12-20)24(3)23-21-13-8-18(16-22)15-17(21)2/h8-13,15,23H,4-7,14H2,1-3H3. The van der Waals surface area contributed by atoms with Gasteiger partial charge in [0, 0.05) is 7.05 Å². The van der Waals surface area contributed by atoms with Crippen LogP contribution in [0.5, 0.6) is 5.75 Å². The summed E-state index contributed by atoms with van der Waals surface area (Å²) in [6.07, 6.45) is 4.85. The molecule has 0 aromatic heterocycles. The van der Waals surface area contributed by atoms with Crippen LogP contribution in [-0.4, -0.2) is 13.7 Å². The number of rotatable bonds is 9. The maximum Gasteiger partial charge on any atom is 0.119 e. The fraction of sp³-hybridized carbons (Fsp3) is 0.381. The van der Waals surface area contributed by atoms with Crippen molar-refractivity contribution in [1.29, 1.82) is 5.26 Å². The quantitative estimate of drug-likeness (QED) is 0.499. The van der Waals surface area contributed by atoms with Crippen molar-refractivity contribution in [2.24, 2.45) is 0 Å². The number of anilines is 2. The minimum Gasteiger partial charge on any atom is -0.494 e. The summed E-state index contributed by atoms with van der Waals surface area (Å²) in [4.78, 5) is 0. The van der Waals surface area contributed by atoms with E-state index < -0.39 is 0 Å². The Morgan fingerprint density at radius 2 is 1.84 bits per heavy atom. The molecule has 0 atom stereocenters. The van der Waals surface area contributed by atoms with E-state index in [0.29, 0.717) is 5.56 Å². The molecule has 0 aliphatic carbocycles. The highest BCUT2D eigenvalue weighted by molar-refractivity contribution is 5.60. The SMILES string of the molecule is CCCCCCOc1ccc(N(C)Nc2ccc(C#N)cc2C)cc1. The van der Waals surface area contributed by atoms with Gasteiger partial charge in [-0.3, -0.25) is 10.4 Å². The third-order valence-electron chi connectivity index (χ3n) is 4.13. The van der Waals surface area contributed by atoms with Gasteiger partial charge in [-0.15, -0.1) is 0 Å². The van der Waals surface area contributed by atoms with Crippen LogP contribution in [0.3, 0.4) is 0 Å².